The van der Waals surface area contributed by atoms with E-state index in [4.69, 9.17) is 10.5 Å². The zero-order valence-corrected chi connectivity index (χ0v) is 18.0. The number of imidazole rings is 1. The number of hydrogen-bond acceptors (Lipinski definition) is 8. The third-order valence-electron chi connectivity index (χ3n) is 5.46. The molecular weight excluding hydrogens is 435 g/mol. The fourth-order valence-corrected chi connectivity index (χ4v) is 4.46. The largest absolute Gasteiger partial charge is 0.369 e. The average Bonchev–Trinajstić information content (AvgIpc) is 3.51. The van der Waals surface area contributed by atoms with Gasteiger partial charge in [0.25, 0.3) is 5.91 Å². The summed E-state index contributed by atoms with van der Waals surface area (Å²) in [5.41, 5.74) is 8.64. The fraction of sp³-hybridized carbons (Fsp3) is 0.350. The van der Waals surface area contributed by atoms with E-state index in [1.807, 2.05) is 16.8 Å². The Morgan fingerprint density at radius 2 is 2.22 bits per heavy atom. The molecule has 3 atom stereocenters. The Labute approximate surface area is 186 Å². The minimum Gasteiger partial charge on any atom is -0.369 e. The number of nitrogens with two attached hydrogens (primary N) is 1. The molecule has 4 aromatic heterocycles. The van der Waals surface area contributed by atoms with Crippen molar-refractivity contribution in [3.05, 3.63) is 47.8 Å². The number of thiazole rings is 1. The molecule has 0 saturated carbocycles. The summed E-state index contributed by atoms with van der Waals surface area (Å²) < 4.78 is 23.1. The maximum absolute atomic E-state index is 13.9. The topological polar surface area (TPSA) is 125 Å². The lowest BCUT2D eigenvalue weighted by atomic mass is 10.0. The monoisotopic (exact) mass is 456 g/mol. The van der Waals surface area contributed by atoms with E-state index in [9.17, 15) is 9.18 Å². The van der Waals surface area contributed by atoms with Crippen molar-refractivity contribution >= 4 is 28.6 Å². The zero-order chi connectivity index (χ0) is 22.2. The first-order chi connectivity index (χ1) is 15.5. The van der Waals surface area contributed by atoms with Crippen LogP contribution in [0.25, 0.3) is 16.3 Å². The van der Waals surface area contributed by atoms with Crippen LogP contribution in [0.15, 0.2) is 36.4 Å². The van der Waals surface area contributed by atoms with E-state index >= 15 is 0 Å². The first-order valence-electron chi connectivity index (χ1n) is 10.1. The standard InChI is InChI=1S/C20H21FN8O2S/c1-28-18(16-3-2-12(22)11(21)9-31-16)13(6-25-28)26-19(30)15-10-32-20(27-15)14-8-29-5-4-23-17(29)7-24-14/h4-8,10-12,16H,2-3,9,22H2,1H3,(H,26,30)/t11-,12-,16+/m1/s1. The van der Waals surface area contributed by atoms with E-state index in [-0.39, 0.29) is 18.2 Å². The van der Waals surface area contributed by atoms with Gasteiger partial charge in [0.1, 0.15) is 28.7 Å². The number of aryl methyl sites for hydroxylation is 1. The highest BCUT2D eigenvalue weighted by Gasteiger charge is 2.30. The summed E-state index contributed by atoms with van der Waals surface area (Å²) in [6, 6.07) is -0.560. The Balaban J connectivity index is 1.35. The second-order valence-electron chi connectivity index (χ2n) is 7.60. The highest BCUT2D eigenvalue weighted by molar-refractivity contribution is 7.13. The maximum Gasteiger partial charge on any atom is 0.275 e. The molecule has 0 aromatic carbocycles. The minimum atomic E-state index is -1.21. The number of halogens is 1. The number of anilines is 1. The number of hydrogen-bond donors (Lipinski definition) is 2. The second kappa shape index (κ2) is 8.37. The summed E-state index contributed by atoms with van der Waals surface area (Å²) in [6.07, 6.45) is 7.91. The molecule has 10 nitrogen and oxygen atoms in total. The number of ether oxygens (including phenoxy) is 1. The van der Waals surface area contributed by atoms with E-state index in [1.165, 1.54) is 11.3 Å². The van der Waals surface area contributed by atoms with Crippen molar-refractivity contribution in [2.24, 2.45) is 12.8 Å². The highest BCUT2D eigenvalue weighted by atomic mass is 32.1. The van der Waals surface area contributed by atoms with Gasteiger partial charge in [0.05, 0.1) is 30.4 Å². The van der Waals surface area contributed by atoms with Gasteiger partial charge in [-0.25, -0.2) is 19.3 Å². The van der Waals surface area contributed by atoms with E-state index < -0.39 is 18.3 Å². The van der Waals surface area contributed by atoms with Crippen molar-refractivity contribution in [2.75, 3.05) is 11.9 Å². The summed E-state index contributed by atoms with van der Waals surface area (Å²) in [5.74, 6) is -0.376. The summed E-state index contributed by atoms with van der Waals surface area (Å²) in [4.78, 5) is 25.9. The first-order valence-corrected chi connectivity index (χ1v) is 11.0. The molecule has 3 N–H and O–H groups in total. The van der Waals surface area contributed by atoms with Crippen LogP contribution in [0.3, 0.4) is 0 Å². The Morgan fingerprint density at radius 1 is 1.34 bits per heavy atom. The van der Waals surface area contributed by atoms with Gasteiger partial charge in [0.15, 0.2) is 5.65 Å². The van der Waals surface area contributed by atoms with Crippen LogP contribution in [0, 0.1) is 0 Å². The molecule has 5 heterocycles. The van der Waals surface area contributed by atoms with Crippen molar-refractivity contribution in [1.29, 1.82) is 0 Å². The van der Waals surface area contributed by atoms with Crippen molar-refractivity contribution < 1.29 is 13.9 Å². The van der Waals surface area contributed by atoms with E-state index in [0.29, 0.717) is 34.9 Å². The summed E-state index contributed by atoms with van der Waals surface area (Å²) in [5, 5.41) is 9.40. The quantitative estimate of drug-likeness (QED) is 0.483. The Hall–Kier alpha value is -3.22. The summed E-state index contributed by atoms with van der Waals surface area (Å²) in [7, 11) is 1.75. The molecule has 0 unspecified atom stereocenters. The molecule has 0 bridgehead atoms. The Morgan fingerprint density at radius 3 is 3.09 bits per heavy atom. The molecule has 12 heteroatoms. The van der Waals surface area contributed by atoms with E-state index in [0.717, 1.165) is 5.65 Å². The molecule has 32 heavy (non-hydrogen) atoms. The van der Waals surface area contributed by atoms with Gasteiger partial charge in [0, 0.05) is 37.1 Å². The van der Waals surface area contributed by atoms with Gasteiger partial charge in [-0.3, -0.25) is 9.48 Å². The Bertz CT molecular complexity index is 1260. The molecule has 5 rings (SSSR count). The van der Waals surface area contributed by atoms with Crippen LogP contribution >= 0.6 is 11.3 Å². The predicted octanol–water partition coefficient (Wildman–Crippen LogP) is 2.36. The fourth-order valence-electron chi connectivity index (χ4n) is 3.70. The van der Waals surface area contributed by atoms with Crippen LogP contribution in [0.4, 0.5) is 10.1 Å². The summed E-state index contributed by atoms with van der Waals surface area (Å²) in [6.45, 7) is -0.0892. The second-order valence-corrected chi connectivity index (χ2v) is 8.46. The average molecular weight is 457 g/mol. The van der Waals surface area contributed by atoms with Crippen LogP contribution in [0.2, 0.25) is 0 Å². The lowest BCUT2D eigenvalue weighted by Gasteiger charge is -2.17. The lowest BCUT2D eigenvalue weighted by Crippen LogP contribution is -2.32. The molecule has 1 aliphatic heterocycles. The van der Waals surface area contributed by atoms with Crippen molar-refractivity contribution in [3.63, 3.8) is 0 Å². The molecule has 1 amide bonds. The lowest BCUT2D eigenvalue weighted by molar-refractivity contribution is 0.0247. The highest BCUT2D eigenvalue weighted by Crippen LogP contribution is 2.32. The first kappa shape index (κ1) is 20.7. The van der Waals surface area contributed by atoms with Gasteiger partial charge in [-0.1, -0.05) is 0 Å². The molecule has 0 spiro atoms. The molecule has 0 radical (unpaired) electrons. The van der Waals surface area contributed by atoms with Crippen LogP contribution in [0.5, 0.6) is 0 Å². The van der Waals surface area contributed by atoms with Crippen LogP contribution in [-0.4, -0.2) is 53.9 Å². The zero-order valence-electron chi connectivity index (χ0n) is 17.2. The third kappa shape index (κ3) is 3.87. The predicted molar refractivity (Wildman–Crippen MR) is 116 cm³/mol. The molecule has 166 valence electrons. The molecule has 4 aromatic rings. The number of carbonyl (C=O) groups excluding carboxylic acids is 1. The number of aromatic nitrogens is 6. The van der Waals surface area contributed by atoms with Crippen LogP contribution < -0.4 is 11.1 Å². The molecule has 1 saturated heterocycles. The third-order valence-corrected chi connectivity index (χ3v) is 6.32. The molecule has 1 aliphatic rings. The van der Waals surface area contributed by atoms with Crippen molar-refractivity contribution in [1.82, 2.24) is 29.1 Å². The number of alkyl halides is 1. The molecule has 0 aliphatic carbocycles. The number of amides is 1. The normalized spacial score (nSPS) is 21.5. The number of fused-ring (bicyclic) bond motifs is 1. The van der Waals surface area contributed by atoms with Gasteiger partial charge < -0.3 is 20.2 Å². The van der Waals surface area contributed by atoms with E-state index in [1.54, 1.807) is 35.7 Å². The molecule has 1 fully saturated rings. The molecular formula is C20H21FN8O2S. The summed E-state index contributed by atoms with van der Waals surface area (Å²) >= 11 is 1.32. The number of nitrogens with one attached hydrogen (secondary N) is 1. The van der Waals surface area contributed by atoms with Crippen molar-refractivity contribution in [3.8, 4) is 10.7 Å². The van der Waals surface area contributed by atoms with Crippen molar-refractivity contribution in [2.45, 2.75) is 31.2 Å². The number of nitrogens with zero attached hydrogens (tertiary/aromatic N) is 6. The van der Waals surface area contributed by atoms with Gasteiger partial charge in [0.2, 0.25) is 0 Å². The number of carbonyl (C=O) groups is 1. The van der Waals surface area contributed by atoms with E-state index in [2.05, 4.69) is 25.4 Å². The number of rotatable bonds is 4. The van der Waals surface area contributed by atoms with Gasteiger partial charge in [-0.2, -0.15) is 5.10 Å². The maximum atomic E-state index is 13.9. The van der Waals surface area contributed by atoms with Gasteiger partial charge in [-0.05, 0) is 12.8 Å². The van der Waals surface area contributed by atoms with Crippen LogP contribution in [-0.2, 0) is 11.8 Å². The van der Waals surface area contributed by atoms with Gasteiger partial charge in [-0.15, -0.1) is 11.3 Å². The van der Waals surface area contributed by atoms with Crippen LogP contribution in [0.1, 0.15) is 35.1 Å². The SMILES string of the molecule is Cn1ncc(NC(=O)c2csc(-c3cn4ccnc4cn3)n2)c1[C@@H]1CC[C@@H](N)[C@H](F)CO1. The Kier molecular flexibility index (Phi) is 5.41. The minimum absolute atomic E-state index is 0.0892. The van der Waals surface area contributed by atoms with Gasteiger partial charge >= 0.3 is 0 Å². The smallest absolute Gasteiger partial charge is 0.275 e.